The Kier molecular flexibility index (Phi) is 3.76. The Bertz CT molecular complexity index is 675. The SMILES string of the molecule is C[C@@]1(CO)[C@H](O)CC[C@]2(C)C3=C[C@H]4[C@@H](O)[C@]3(CC[C@@H]12)CC[C@]4(O)C(=O)O. The zero-order valence-electron chi connectivity index (χ0n) is 15.5. The fraction of sp³-hybridized carbons (Fsp3) is 0.850. The first kappa shape index (κ1) is 18.4. The van der Waals surface area contributed by atoms with Crippen LogP contribution in [-0.4, -0.2) is 55.9 Å². The number of rotatable bonds is 2. The van der Waals surface area contributed by atoms with E-state index < -0.39 is 40.5 Å². The predicted octanol–water partition coefficient (Wildman–Crippen LogP) is 1.07. The van der Waals surface area contributed by atoms with Crippen molar-refractivity contribution < 1.29 is 30.3 Å². The zero-order chi connectivity index (χ0) is 19.1. The fourth-order valence-corrected chi connectivity index (χ4v) is 7.11. The van der Waals surface area contributed by atoms with Gasteiger partial charge >= 0.3 is 5.97 Å². The Hall–Kier alpha value is -0.950. The van der Waals surface area contributed by atoms with Crippen LogP contribution in [0.15, 0.2) is 11.6 Å². The van der Waals surface area contributed by atoms with Gasteiger partial charge < -0.3 is 25.5 Å². The Labute approximate surface area is 153 Å². The molecule has 0 heterocycles. The van der Waals surface area contributed by atoms with Gasteiger partial charge in [-0.3, -0.25) is 0 Å². The van der Waals surface area contributed by atoms with E-state index in [4.69, 9.17) is 0 Å². The van der Waals surface area contributed by atoms with Crippen molar-refractivity contribution in [3.8, 4) is 0 Å². The number of carboxylic acid groups (broad SMARTS) is 1. The van der Waals surface area contributed by atoms with Crippen LogP contribution in [-0.2, 0) is 4.79 Å². The van der Waals surface area contributed by atoms with Crippen molar-refractivity contribution in [2.75, 3.05) is 6.61 Å². The maximum Gasteiger partial charge on any atom is 0.336 e. The summed E-state index contributed by atoms with van der Waals surface area (Å²) in [5.41, 5.74) is -2.26. The second kappa shape index (κ2) is 5.31. The highest BCUT2D eigenvalue weighted by Gasteiger charge is 2.69. The summed E-state index contributed by atoms with van der Waals surface area (Å²) < 4.78 is 0. The molecule has 4 aliphatic carbocycles. The average Bonchev–Trinajstić information content (AvgIpc) is 2.81. The van der Waals surface area contributed by atoms with Crippen molar-refractivity contribution in [2.24, 2.45) is 28.1 Å². The molecule has 3 fully saturated rings. The lowest BCUT2D eigenvalue weighted by Gasteiger charge is -2.62. The van der Waals surface area contributed by atoms with E-state index in [1.807, 2.05) is 13.0 Å². The summed E-state index contributed by atoms with van der Waals surface area (Å²) in [7, 11) is 0. The topological polar surface area (TPSA) is 118 Å². The van der Waals surface area contributed by atoms with Crippen LogP contribution in [0.1, 0.15) is 52.4 Å². The molecule has 6 heteroatoms. The number of hydrogen-bond donors (Lipinski definition) is 5. The van der Waals surface area contributed by atoms with Gasteiger partial charge in [0.25, 0.3) is 0 Å². The van der Waals surface area contributed by atoms with Gasteiger partial charge in [-0.05, 0) is 49.9 Å². The molecule has 5 N–H and O–H groups in total. The van der Waals surface area contributed by atoms with E-state index in [1.54, 1.807) is 0 Å². The Morgan fingerprint density at radius 3 is 2.46 bits per heavy atom. The van der Waals surface area contributed by atoms with Crippen LogP contribution in [0, 0.1) is 28.1 Å². The number of aliphatic carboxylic acids is 1. The maximum atomic E-state index is 11.7. The minimum atomic E-state index is -1.92. The minimum Gasteiger partial charge on any atom is -0.479 e. The summed E-state index contributed by atoms with van der Waals surface area (Å²) >= 11 is 0. The molecule has 0 saturated heterocycles. The third-order valence-electron chi connectivity index (χ3n) is 8.76. The van der Waals surface area contributed by atoms with Gasteiger partial charge in [0.15, 0.2) is 5.60 Å². The number of hydrogen-bond acceptors (Lipinski definition) is 5. The van der Waals surface area contributed by atoms with Crippen molar-refractivity contribution >= 4 is 5.97 Å². The van der Waals surface area contributed by atoms with Crippen molar-refractivity contribution in [1.82, 2.24) is 0 Å². The van der Waals surface area contributed by atoms with E-state index in [0.29, 0.717) is 19.3 Å². The predicted molar refractivity (Wildman–Crippen MR) is 93.1 cm³/mol. The lowest BCUT2D eigenvalue weighted by Crippen LogP contribution is -2.61. The Balaban J connectivity index is 1.82. The normalized spacial score (nSPS) is 55.7. The largest absolute Gasteiger partial charge is 0.479 e. The van der Waals surface area contributed by atoms with Gasteiger partial charge in [0, 0.05) is 16.7 Å². The van der Waals surface area contributed by atoms with Gasteiger partial charge in [-0.1, -0.05) is 25.5 Å². The maximum absolute atomic E-state index is 11.7. The first-order valence-electron chi connectivity index (χ1n) is 9.72. The highest BCUT2D eigenvalue weighted by atomic mass is 16.4. The van der Waals surface area contributed by atoms with Crippen LogP contribution >= 0.6 is 0 Å². The van der Waals surface area contributed by atoms with Crippen molar-refractivity contribution in [3.05, 3.63) is 11.6 Å². The molecule has 0 radical (unpaired) electrons. The van der Waals surface area contributed by atoms with Crippen LogP contribution < -0.4 is 0 Å². The molecule has 4 aliphatic rings. The standard InChI is InChI=1S/C20H30O6/c1-17-5-4-14(22)18(2,10-21)12(17)3-6-19-7-8-20(26,16(24)25)11(15(19)23)9-13(17)19/h9,11-12,14-15,21-23,26H,3-8,10H2,1-2H3,(H,24,25)/t11-,12+,14+,15+,17-,18-,19+,20+/m0/s1. The van der Waals surface area contributed by atoms with Gasteiger partial charge in [-0.15, -0.1) is 0 Å². The molecule has 1 spiro atoms. The molecule has 0 amide bonds. The second-order valence-electron chi connectivity index (χ2n) is 9.66. The molecule has 0 unspecified atom stereocenters. The summed E-state index contributed by atoms with van der Waals surface area (Å²) in [6.07, 6.45) is 3.78. The molecule has 0 aromatic carbocycles. The first-order valence-corrected chi connectivity index (χ1v) is 9.72. The molecule has 0 aromatic heterocycles. The van der Waals surface area contributed by atoms with Gasteiger partial charge in [0.2, 0.25) is 0 Å². The van der Waals surface area contributed by atoms with E-state index in [1.165, 1.54) is 0 Å². The molecule has 26 heavy (non-hydrogen) atoms. The Morgan fingerprint density at radius 1 is 1.15 bits per heavy atom. The molecule has 146 valence electrons. The molecule has 4 rings (SSSR count). The highest BCUT2D eigenvalue weighted by Crippen LogP contribution is 2.70. The van der Waals surface area contributed by atoms with Crippen LogP contribution in [0.2, 0.25) is 0 Å². The van der Waals surface area contributed by atoms with Crippen molar-refractivity contribution in [1.29, 1.82) is 0 Å². The summed E-state index contributed by atoms with van der Waals surface area (Å²) in [5.74, 6) is -2.01. The third kappa shape index (κ3) is 1.89. The highest BCUT2D eigenvalue weighted by molar-refractivity contribution is 5.79. The minimum absolute atomic E-state index is 0.0603. The number of carboxylic acids is 1. The molecule has 6 nitrogen and oxygen atoms in total. The molecule has 3 saturated carbocycles. The molecule has 2 bridgehead atoms. The molecule has 8 atom stereocenters. The van der Waals surface area contributed by atoms with E-state index in [0.717, 1.165) is 18.4 Å². The number of carbonyl (C=O) groups is 1. The monoisotopic (exact) mass is 366 g/mol. The molecular formula is C20H30O6. The van der Waals surface area contributed by atoms with Crippen LogP contribution in [0.4, 0.5) is 0 Å². The van der Waals surface area contributed by atoms with Crippen LogP contribution in [0.25, 0.3) is 0 Å². The summed E-state index contributed by atoms with van der Waals surface area (Å²) in [6.45, 7) is 3.97. The fourth-order valence-electron chi connectivity index (χ4n) is 7.11. The van der Waals surface area contributed by atoms with Gasteiger partial charge in [0.1, 0.15) is 0 Å². The van der Waals surface area contributed by atoms with Gasteiger partial charge in [-0.25, -0.2) is 4.79 Å². The average molecular weight is 366 g/mol. The number of aliphatic hydroxyl groups is 4. The van der Waals surface area contributed by atoms with Crippen LogP contribution in [0.3, 0.4) is 0 Å². The number of fused-ring (bicyclic) bond motifs is 3. The quantitative estimate of drug-likeness (QED) is 0.467. The van der Waals surface area contributed by atoms with E-state index in [-0.39, 0.29) is 24.4 Å². The van der Waals surface area contributed by atoms with Crippen molar-refractivity contribution in [2.45, 2.75) is 70.2 Å². The number of aliphatic hydroxyl groups excluding tert-OH is 3. The van der Waals surface area contributed by atoms with Gasteiger partial charge in [-0.2, -0.15) is 0 Å². The van der Waals surface area contributed by atoms with Gasteiger partial charge in [0.05, 0.1) is 18.8 Å². The van der Waals surface area contributed by atoms with Crippen LogP contribution in [0.5, 0.6) is 0 Å². The molecule has 0 aromatic rings. The van der Waals surface area contributed by atoms with Crippen molar-refractivity contribution in [3.63, 3.8) is 0 Å². The second-order valence-corrected chi connectivity index (χ2v) is 9.66. The first-order chi connectivity index (χ1) is 12.1. The molecule has 0 aliphatic heterocycles. The zero-order valence-corrected chi connectivity index (χ0v) is 15.5. The third-order valence-corrected chi connectivity index (χ3v) is 8.76. The summed E-state index contributed by atoms with van der Waals surface area (Å²) in [4.78, 5) is 11.7. The lowest BCUT2D eigenvalue weighted by atomic mass is 9.43. The Morgan fingerprint density at radius 2 is 1.85 bits per heavy atom. The molecular weight excluding hydrogens is 336 g/mol. The van der Waals surface area contributed by atoms with E-state index in [9.17, 15) is 30.3 Å². The lowest BCUT2D eigenvalue weighted by molar-refractivity contribution is -0.187. The van der Waals surface area contributed by atoms with E-state index in [2.05, 4.69) is 6.92 Å². The van der Waals surface area contributed by atoms with E-state index >= 15 is 0 Å². The summed E-state index contributed by atoms with van der Waals surface area (Å²) in [5, 5.41) is 52.0. The smallest absolute Gasteiger partial charge is 0.336 e. The summed E-state index contributed by atoms with van der Waals surface area (Å²) in [6, 6.07) is 0.